The number of rotatable bonds is 6. The van der Waals surface area contributed by atoms with Gasteiger partial charge in [-0.05, 0) is 25.0 Å². The molecular formula is C13H24N2O3S. The number of hydrogen-bond acceptors (Lipinski definition) is 3. The summed E-state index contributed by atoms with van der Waals surface area (Å²) < 4.78 is 0. The first kappa shape index (κ1) is 16.1. The Morgan fingerprint density at radius 1 is 1.37 bits per heavy atom. The van der Waals surface area contributed by atoms with E-state index in [9.17, 15) is 9.59 Å². The molecule has 3 atom stereocenters. The first-order chi connectivity index (χ1) is 8.95. The number of carbonyl (C=O) groups is 2. The Morgan fingerprint density at radius 2 is 2.05 bits per heavy atom. The Labute approximate surface area is 118 Å². The normalized spacial score (nSPS) is 24.2. The first-order valence-corrected chi connectivity index (χ1v) is 8.04. The van der Waals surface area contributed by atoms with E-state index in [1.165, 1.54) is 0 Å². The highest BCUT2D eigenvalue weighted by Crippen LogP contribution is 2.28. The fourth-order valence-electron chi connectivity index (χ4n) is 2.40. The fraction of sp³-hybridized carbons (Fsp3) is 0.846. The van der Waals surface area contributed by atoms with Crippen molar-refractivity contribution >= 4 is 23.8 Å². The van der Waals surface area contributed by atoms with Crippen molar-refractivity contribution in [2.45, 2.75) is 44.4 Å². The van der Waals surface area contributed by atoms with Crippen LogP contribution < -0.4 is 10.6 Å². The van der Waals surface area contributed by atoms with E-state index < -0.39 is 11.9 Å². The van der Waals surface area contributed by atoms with Crippen LogP contribution >= 0.6 is 11.8 Å². The van der Waals surface area contributed by atoms with Crippen LogP contribution in [0.5, 0.6) is 0 Å². The van der Waals surface area contributed by atoms with Gasteiger partial charge in [-0.2, -0.15) is 11.8 Å². The highest BCUT2D eigenvalue weighted by atomic mass is 32.2. The lowest BCUT2D eigenvalue weighted by Crippen LogP contribution is -2.47. The van der Waals surface area contributed by atoms with E-state index in [1.54, 1.807) is 11.8 Å². The molecule has 1 aliphatic carbocycles. The van der Waals surface area contributed by atoms with Gasteiger partial charge in [-0.25, -0.2) is 4.79 Å². The van der Waals surface area contributed by atoms with Gasteiger partial charge in [-0.3, -0.25) is 4.79 Å². The SMILES string of the molecule is CSC1CCCC1NC(=O)NCC(C(=O)O)C(C)C. The molecule has 0 heterocycles. The summed E-state index contributed by atoms with van der Waals surface area (Å²) in [6.45, 7) is 3.87. The van der Waals surface area contributed by atoms with Crippen LogP contribution in [0.3, 0.4) is 0 Å². The summed E-state index contributed by atoms with van der Waals surface area (Å²) in [6.07, 6.45) is 5.34. The number of hydrogen-bond donors (Lipinski definition) is 3. The molecule has 1 aliphatic rings. The molecular weight excluding hydrogens is 264 g/mol. The van der Waals surface area contributed by atoms with Crippen LogP contribution in [0.4, 0.5) is 4.79 Å². The third kappa shape index (κ3) is 4.93. The van der Waals surface area contributed by atoms with Crippen LogP contribution in [0.15, 0.2) is 0 Å². The van der Waals surface area contributed by atoms with Crippen LogP contribution in [-0.4, -0.2) is 41.2 Å². The van der Waals surface area contributed by atoms with Gasteiger partial charge in [-0.1, -0.05) is 20.3 Å². The summed E-state index contributed by atoms with van der Waals surface area (Å²) in [5.41, 5.74) is 0. The second kappa shape index (κ2) is 7.62. The summed E-state index contributed by atoms with van der Waals surface area (Å²) >= 11 is 1.78. The average molecular weight is 288 g/mol. The van der Waals surface area contributed by atoms with E-state index in [4.69, 9.17) is 5.11 Å². The zero-order valence-corrected chi connectivity index (χ0v) is 12.6. The van der Waals surface area contributed by atoms with E-state index in [0.29, 0.717) is 5.25 Å². The maximum absolute atomic E-state index is 11.8. The summed E-state index contributed by atoms with van der Waals surface area (Å²) in [4.78, 5) is 22.8. The molecule has 0 saturated heterocycles. The standard InChI is InChI=1S/C13H24N2O3S/c1-8(2)9(12(16)17)7-14-13(18)15-10-5-4-6-11(10)19-3/h8-11H,4-7H2,1-3H3,(H,16,17)(H2,14,15,18). The second-order valence-corrected chi connectivity index (χ2v) is 6.43. The van der Waals surface area contributed by atoms with Gasteiger partial charge in [0.05, 0.1) is 5.92 Å². The van der Waals surface area contributed by atoms with Gasteiger partial charge in [0.15, 0.2) is 0 Å². The molecule has 0 aromatic rings. The molecule has 0 aliphatic heterocycles. The van der Waals surface area contributed by atoms with E-state index in [0.717, 1.165) is 19.3 Å². The van der Waals surface area contributed by atoms with Crippen LogP contribution in [0.25, 0.3) is 0 Å². The number of carbonyl (C=O) groups excluding carboxylic acids is 1. The monoisotopic (exact) mass is 288 g/mol. The number of aliphatic carboxylic acids is 1. The van der Waals surface area contributed by atoms with Crippen molar-refractivity contribution < 1.29 is 14.7 Å². The average Bonchev–Trinajstić information content (AvgIpc) is 2.75. The minimum Gasteiger partial charge on any atom is -0.481 e. The van der Waals surface area contributed by atoms with Gasteiger partial charge >= 0.3 is 12.0 Å². The molecule has 5 nitrogen and oxygen atoms in total. The molecule has 0 radical (unpaired) electrons. The molecule has 0 bridgehead atoms. The maximum Gasteiger partial charge on any atom is 0.315 e. The molecule has 110 valence electrons. The van der Waals surface area contributed by atoms with Crippen molar-refractivity contribution in [3.8, 4) is 0 Å². The van der Waals surface area contributed by atoms with Crippen LogP contribution in [0, 0.1) is 11.8 Å². The first-order valence-electron chi connectivity index (χ1n) is 6.75. The van der Waals surface area contributed by atoms with Gasteiger partial charge in [-0.15, -0.1) is 0 Å². The Hall–Kier alpha value is -0.910. The summed E-state index contributed by atoms with van der Waals surface area (Å²) in [5.74, 6) is -1.40. The molecule has 3 unspecified atom stereocenters. The van der Waals surface area contributed by atoms with Crippen molar-refractivity contribution in [2.75, 3.05) is 12.8 Å². The summed E-state index contributed by atoms with van der Waals surface area (Å²) in [5, 5.41) is 15.1. The predicted octanol–water partition coefficient (Wildman–Crippen LogP) is 1.93. The van der Waals surface area contributed by atoms with Gasteiger partial charge < -0.3 is 15.7 Å². The van der Waals surface area contributed by atoms with Gasteiger partial charge in [0.2, 0.25) is 0 Å². The number of carboxylic acid groups (broad SMARTS) is 1. The topological polar surface area (TPSA) is 78.4 Å². The molecule has 0 aromatic heterocycles. The molecule has 1 saturated carbocycles. The molecule has 0 aromatic carbocycles. The Balaban J connectivity index is 2.36. The smallest absolute Gasteiger partial charge is 0.315 e. The second-order valence-electron chi connectivity index (χ2n) is 5.35. The highest BCUT2D eigenvalue weighted by molar-refractivity contribution is 7.99. The van der Waals surface area contributed by atoms with Crippen LogP contribution in [0.2, 0.25) is 0 Å². The summed E-state index contributed by atoms with van der Waals surface area (Å²) in [6, 6.07) is -0.0461. The Kier molecular flexibility index (Phi) is 6.48. The van der Waals surface area contributed by atoms with Crippen molar-refractivity contribution in [3.05, 3.63) is 0 Å². The predicted molar refractivity (Wildman–Crippen MR) is 77.4 cm³/mol. The Morgan fingerprint density at radius 3 is 2.58 bits per heavy atom. The van der Waals surface area contributed by atoms with E-state index >= 15 is 0 Å². The molecule has 3 N–H and O–H groups in total. The van der Waals surface area contributed by atoms with Crippen molar-refractivity contribution in [3.63, 3.8) is 0 Å². The molecule has 19 heavy (non-hydrogen) atoms. The van der Waals surface area contributed by atoms with Crippen LogP contribution in [-0.2, 0) is 4.79 Å². The third-order valence-corrected chi connectivity index (χ3v) is 4.85. The van der Waals surface area contributed by atoms with Crippen LogP contribution in [0.1, 0.15) is 33.1 Å². The van der Waals surface area contributed by atoms with Crippen molar-refractivity contribution in [1.29, 1.82) is 0 Å². The number of amides is 2. The van der Waals surface area contributed by atoms with Crippen molar-refractivity contribution in [1.82, 2.24) is 10.6 Å². The number of urea groups is 1. The largest absolute Gasteiger partial charge is 0.481 e. The molecule has 2 amide bonds. The lowest BCUT2D eigenvalue weighted by Gasteiger charge is -2.21. The number of thioether (sulfide) groups is 1. The minimum absolute atomic E-state index is 0.00299. The molecule has 1 rings (SSSR count). The maximum atomic E-state index is 11.8. The number of carboxylic acids is 1. The zero-order valence-electron chi connectivity index (χ0n) is 11.8. The van der Waals surface area contributed by atoms with E-state index in [1.807, 2.05) is 13.8 Å². The molecule has 0 spiro atoms. The van der Waals surface area contributed by atoms with Gasteiger partial charge in [0, 0.05) is 17.8 Å². The minimum atomic E-state index is -0.863. The van der Waals surface area contributed by atoms with Gasteiger partial charge in [0.25, 0.3) is 0 Å². The quantitative estimate of drug-likeness (QED) is 0.698. The summed E-state index contributed by atoms with van der Waals surface area (Å²) in [7, 11) is 0. The Bertz CT molecular complexity index is 323. The van der Waals surface area contributed by atoms with Gasteiger partial charge in [0.1, 0.15) is 0 Å². The molecule has 6 heteroatoms. The molecule has 1 fully saturated rings. The number of nitrogens with one attached hydrogen (secondary N) is 2. The third-order valence-electron chi connectivity index (χ3n) is 3.68. The van der Waals surface area contributed by atoms with E-state index in [-0.39, 0.29) is 24.5 Å². The lowest BCUT2D eigenvalue weighted by molar-refractivity contribution is -0.142. The van der Waals surface area contributed by atoms with Crippen molar-refractivity contribution in [2.24, 2.45) is 11.8 Å². The zero-order chi connectivity index (χ0) is 14.4. The van der Waals surface area contributed by atoms with E-state index in [2.05, 4.69) is 16.9 Å². The fourth-order valence-corrected chi connectivity index (χ4v) is 3.34. The lowest BCUT2D eigenvalue weighted by atomic mass is 9.96. The highest BCUT2D eigenvalue weighted by Gasteiger charge is 2.28.